The van der Waals surface area contributed by atoms with E-state index in [1.807, 2.05) is 42.3 Å². The van der Waals surface area contributed by atoms with Crippen molar-refractivity contribution < 1.29 is 9.90 Å². The van der Waals surface area contributed by atoms with Crippen LogP contribution in [0.5, 0.6) is 0 Å². The number of aryl methyl sites for hydroxylation is 1. The Hall–Kier alpha value is -2.30. The van der Waals surface area contributed by atoms with E-state index in [2.05, 4.69) is 12.0 Å². The van der Waals surface area contributed by atoms with Gasteiger partial charge in [-0.1, -0.05) is 25.1 Å². The van der Waals surface area contributed by atoms with Crippen molar-refractivity contribution in [3.63, 3.8) is 0 Å². The van der Waals surface area contributed by atoms with Crippen molar-refractivity contribution in [3.05, 3.63) is 41.6 Å². The van der Waals surface area contributed by atoms with E-state index in [4.69, 9.17) is 0 Å². The number of hydrogen-bond donors (Lipinski definition) is 1. The molecule has 2 aromatic rings. The van der Waals surface area contributed by atoms with Gasteiger partial charge in [0.15, 0.2) is 0 Å². The largest absolute Gasteiger partial charge is 0.477 e. The summed E-state index contributed by atoms with van der Waals surface area (Å²) in [4.78, 5) is 13.5. The van der Waals surface area contributed by atoms with E-state index in [-0.39, 0.29) is 5.56 Å². The van der Waals surface area contributed by atoms with E-state index < -0.39 is 5.97 Å². The zero-order chi connectivity index (χ0) is 14.7. The number of rotatable bonds is 5. The number of para-hydroxylation sites is 1. The number of carboxylic acid groups (broad SMARTS) is 1. The first kappa shape index (κ1) is 14.1. The first-order valence-corrected chi connectivity index (χ1v) is 6.65. The third kappa shape index (κ3) is 2.52. The molecule has 0 fully saturated rings. The predicted molar refractivity (Wildman–Crippen MR) is 78.8 cm³/mol. The summed E-state index contributed by atoms with van der Waals surface area (Å²) >= 11 is 0. The number of hydrogen-bond acceptors (Lipinski definition) is 3. The summed E-state index contributed by atoms with van der Waals surface area (Å²) < 4.78 is 1.70. The zero-order valence-electron chi connectivity index (χ0n) is 12.0. The Kier molecular flexibility index (Phi) is 4.08. The summed E-state index contributed by atoms with van der Waals surface area (Å²) in [6, 6.07) is 9.59. The molecule has 0 saturated heterocycles. The lowest BCUT2D eigenvalue weighted by atomic mass is 10.2. The zero-order valence-corrected chi connectivity index (χ0v) is 12.0. The molecule has 1 heterocycles. The van der Waals surface area contributed by atoms with Crippen molar-refractivity contribution >= 4 is 11.8 Å². The number of benzene rings is 1. The molecule has 106 valence electrons. The van der Waals surface area contributed by atoms with E-state index in [0.29, 0.717) is 11.5 Å². The van der Waals surface area contributed by atoms with Crippen LogP contribution in [0.15, 0.2) is 30.3 Å². The second-order valence-corrected chi connectivity index (χ2v) is 4.76. The van der Waals surface area contributed by atoms with Gasteiger partial charge in [0.1, 0.15) is 11.4 Å². The van der Waals surface area contributed by atoms with Crippen LogP contribution in [0.25, 0.3) is 5.69 Å². The van der Waals surface area contributed by atoms with Gasteiger partial charge >= 0.3 is 5.97 Å². The molecule has 1 aromatic carbocycles. The van der Waals surface area contributed by atoms with Crippen LogP contribution in [-0.4, -0.2) is 34.4 Å². The Morgan fingerprint density at radius 3 is 2.55 bits per heavy atom. The van der Waals surface area contributed by atoms with Crippen LogP contribution in [-0.2, 0) is 0 Å². The normalized spacial score (nSPS) is 10.6. The van der Waals surface area contributed by atoms with E-state index in [1.54, 1.807) is 11.6 Å². The third-order valence-corrected chi connectivity index (χ3v) is 3.17. The van der Waals surface area contributed by atoms with Crippen molar-refractivity contribution in [3.8, 4) is 5.69 Å². The number of aromatic nitrogens is 2. The van der Waals surface area contributed by atoms with Crippen LogP contribution < -0.4 is 4.90 Å². The van der Waals surface area contributed by atoms with E-state index in [9.17, 15) is 9.90 Å². The molecular formula is C15H19N3O2. The quantitative estimate of drug-likeness (QED) is 0.910. The summed E-state index contributed by atoms with van der Waals surface area (Å²) in [7, 11) is 1.89. The molecule has 0 radical (unpaired) electrons. The first-order valence-electron chi connectivity index (χ1n) is 6.65. The molecule has 5 nitrogen and oxygen atoms in total. The smallest absolute Gasteiger partial charge is 0.341 e. The molecule has 0 aliphatic heterocycles. The van der Waals surface area contributed by atoms with Gasteiger partial charge in [-0.2, -0.15) is 5.10 Å². The van der Waals surface area contributed by atoms with Gasteiger partial charge in [-0.05, 0) is 25.5 Å². The molecule has 1 N–H and O–H groups in total. The highest BCUT2D eigenvalue weighted by molar-refractivity contribution is 5.95. The summed E-state index contributed by atoms with van der Waals surface area (Å²) in [6.45, 7) is 4.57. The molecule has 0 atom stereocenters. The average molecular weight is 273 g/mol. The van der Waals surface area contributed by atoms with E-state index in [1.165, 1.54) is 0 Å². The summed E-state index contributed by atoms with van der Waals surface area (Å²) in [5.41, 5.74) is 1.66. The van der Waals surface area contributed by atoms with Gasteiger partial charge in [-0.25, -0.2) is 9.48 Å². The predicted octanol–water partition coefficient (Wildman–Crippen LogP) is 2.73. The standard InChI is InChI=1S/C15H19N3O2/c1-4-10-17(3)14-13(15(19)20)11(2)16-18(14)12-8-6-5-7-9-12/h5-9H,4,10H2,1-3H3,(H,19,20). The summed E-state index contributed by atoms with van der Waals surface area (Å²) in [5, 5.41) is 13.8. The Bertz CT molecular complexity index is 605. The highest BCUT2D eigenvalue weighted by Crippen LogP contribution is 2.26. The molecule has 0 spiro atoms. The van der Waals surface area contributed by atoms with Gasteiger partial charge in [0, 0.05) is 13.6 Å². The Morgan fingerprint density at radius 2 is 2.00 bits per heavy atom. The van der Waals surface area contributed by atoms with Crippen molar-refractivity contribution in [2.45, 2.75) is 20.3 Å². The lowest BCUT2D eigenvalue weighted by molar-refractivity contribution is 0.0697. The van der Waals surface area contributed by atoms with Gasteiger partial charge < -0.3 is 10.0 Å². The third-order valence-electron chi connectivity index (χ3n) is 3.17. The van der Waals surface area contributed by atoms with Crippen LogP contribution in [0.3, 0.4) is 0 Å². The average Bonchev–Trinajstić information content (AvgIpc) is 2.78. The van der Waals surface area contributed by atoms with Crippen molar-refractivity contribution in [2.24, 2.45) is 0 Å². The summed E-state index contributed by atoms with van der Waals surface area (Å²) in [6.07, 6.45) is 0.939. The SMILES string of the molecule is CCCN(C)c1c(C(=O)O)c(C)nn1-c1ccccc1. The van der Waals surface area contributed by atoms with Crippen LogP contribution in [0.2, 0.25) is 0 Å². The number of carboxylic acids is 1. The van der Waals surface area contributed by atoms with Crippen LogP contribution in [0.1, 0.15) is 29.4 Å². The number of anilines is 1. The maximum atomic E-state index is 11.5. The molecule has 2 rings (SSSR count). The molecule has 0 amide bonds. The second kappa shape index (κ2) is 5.77. The Labute approximate surface area is 118 Å². The Morgan fingerprint density at radius 1 is 1.35 bits per heavy atom. The molecule has 0 unspecified atom stereocenters. The van der Waals surface area contributed by atoms with Crippen molar-refractivity contribution in [1.29, 1.82) is 0 Å². The molecular weight excluding hydrogens is 254 g/mol. The molecule has 0 aliphatic carbocycles. The number of carbonyl (C=O) groups is 1. The Balaban J connectivity index is 2.63. The van der Waals surface area contributed by atoms with Gasteiger partial charge in [0.2, 0.25) is 0 Å². The van der Waals surface area contributed by atoms with Crippen LogP contribution >= 0.6 is 0 Å². The lowest BCUT2D eigenvalue weighted by Gasteiger charge is -2.20. The fraction of sp³-hybridized carbons (Fsp3) is 0.333. The molecule has 5 heteroatoms. The number of aromatic carboxylic acids is 1. The van der Waals surface area contributed by atoms with Crippen LogP contribution in [0.4, 0.5) is 5.82 Å². The monoisotopic (exact) mass is 273 g/mol. The minimum absolute atomic E-state index is 0.268. The van der Waals surface area contributed by atoms with E-state index in [0.717, 1.165) is 18.7 Å². The van der Waals surface area contributed by atoms with Gasteiger partial charge in [0.25, 0.3) is 0 Å². The maximum Gasteiger partial charge on any atom is 0.341 e. The maximum absolute atomic E-state index is 11.5. The van der Waals surface area contributed by atoms with Crippen LogP contribution in [0, 0.1) is 6.92 Å². The second-order valence-electron chi connectivity index (χ2n) is 4.76. The van der Waals surface area contributed by atoms with Gasteiger partial charge in [-0.3, -0.25) is 0 Å². The highest BCUT2D eigenvalue weighted by Gasteiger charge is 2.24. The van der Waals surface area contributed by atoms with E-state index >= 15 is 0 Å². The molecule has 20 heavy (non-hydrogen) atoms. The fourth-order valence-electron chi connectivity index (χ4n) is 2.31. The molecule has 0 bridgehead atoms. The molecule has 0 aliphatic rings. The number of nitrogens with zero attached hydrogens (tertiary/aromatic N) is 3. The molecule has 1 aromatic heterocycles. The first-order chi connectivity index (χ1) is 9.56. The van der Waals surface area contributed by atoms with Crippen molar-refractivity contribution in [2.75, 3.05) is 18.5 Å². The minimum Gasteiger partial charge on any atom is -0.477 e. The van der Waals surface area contributed by atoms with Gasteiger partial charge in [0.05, 0.1) is 11.4 Å². The summed E-state index contributed by atoms with van der Waals surface area (Å²) in [5.74, 6) is -0.314. The highest BCUT2D eigenvalue weighted by atomic mass is 16.4. The topological polar surface area (TPSA) is 58.4 Å². The van der Waals surface area contributed by atoms with Gasteiger partial charge in [-0.15, -0.1) is 0 Å². The fourth-order valence-corrected chi connectivity index (χ4v) is 2.31. The van der Waals surface area contributed by atoms with Crippen molar-refractivity contribution in [1.82, 2.24) is 9.78 Å². The lowest BCUT2D eigenvalue weighted by Crippen LogP contribution is -2.23. The molecule has 0 saturated carbocycles. The minimum atomic E-state index is -0.942.